The Balaban J connectivity index is 1.98. The molecule has 0 aliphatic heterocycles. The maximum atomic E-state index is 13.1. The molecule has 4 heteroatoms. The highest BCUT2D eigenvalue weighted by Gasteiger charge is 2.30. The van der Waals surface area contributed by atoms with E-state index in [4.69, 9.17) is 11.6 Å². The summed E-state index contributed by atoms with van der Waals surface area (Å²) in [5, 5.41) is 3.57. The molecule has 0 bridgehead atoms. The molecule has 0 aromatic heterocycles. The molecule has 2 rings (SSSR count). The third-order valence-electron chi connectivity index (χ3n) is 3.72. The van der Waals surface area contributed by atoms with Crippen LogP contribution in [0.5, 0.6) is 0 Å². The second kappa shape index (κ2) is 6.36. The Morgan fingerprint density at radius 2 is 2.00 bits per heavy atom. The summed E-state index contributed by atoms with van der Waals surface area (Å²) in [6, 6.07) is 5.14. The predicted molar refractivity (Wildman–Crippen MR) is 77.5 cm³/mol. The Hall–Kier alpha value is -0.120. The maximum absolute atomic E-state index is 13.1. The molecule has 1 aliphatic carbocycles. The van der Waals surface area contributed by atoms with Gasteiger partial charge in [-0.1, -0.05) is 25.3 Å². The first-order valence-electron chi connectivity index (χ1n) is 6.40. The van der Waals surface area contributed by atoms with Gasteiger partial charge in [0.1, 0.15) is 5.82 Å². The van der Waals surface area contributed by atoms with Crippen LogP contribution < -0.4 is 5.32 Å². The summed E-state index contributed by atoms with van der Waals surface area (Å²) in [5.41, 5.74) is 1.15. The first kappa shape index (κ1) is 14.3. The Kier molecular flexibility index (Phi) is 5.05. The van der Waals surface area contributed by atoms with E-state index in [1.807, 2.05) is 12.1 Å². The molecule has 1 aromatic rings. The summed E-state index contributed by atoms with van der Waals surface area (Å²) in [4.78, 5) is 0. The van der Waals surface area contributed by atoms with Gasteiger partial charge in [-0.2, -0.15) is 0 Å². The first-order valence-corrected chi connectivity index (χ1v) is 7.73. The monoisotopic (exact) mass is 333 g/mol. The van der Waals surface area contributed by atoms with E-state index in [0.717, 1.165) is 24.9 Å². The third-order valence-corrected chi connectivity index (χ3v) is 4.84. The molecule has 1 fully saturated rings. The van der Waals surface area contributed by atoms with Crippen molar-refractivity contribution in [3.05, 3.63) is 34.1 Å². The largest absolute Gasteiger partial charge is 0.306 e. The molecule has 1 N–H and O–H groups in total. The number of halogens is 3. The van der Waals surface area contributed by atoms with Crippen molar-refractivity contribution in [1.29, 1.82) is 0 Å². The van der Waals surface area contributed by atoms with E-state index in [1.54, 1.807) is 0 Å². The van der Waals surface area contributed by atoms with Crippen LogP contribution in [0, 0.1) is 5.82 Å². The van der Waals surface area contributed by atoms with E-state index in [-0.39, 0.29) is 11.4 Å². The zero-order chi connectivity index (χ0) is 13.0. The highest BCUT2D eigenvalue weighted by atomic mass is 79.9. The minimum Gasteiger partial charge on any atom is -0.306 e. The minimum atomic E-state index is -0.219. The lowest BCUT2D eigenvalue weighted by molar-refractivity contribution is 0.256. The van der Waals surface area contributed by atoms with Crippen molar-refractivity contribution in [3.8, 4) is 0 Å². The topological polar surface area (TPSA) is 12.0 Å². The van der Waals surface area contributed by atoms with Crippen molar-refractivity contribution in [2.75, 3.05) is 5.88 Å². The number of hydrogen-bond acceptors (Lipinski definition) is 1. The van der Waals surface area contributed by atoms with Crippen LogP contribution >= 0.6 is 27.5 Å². The van der Waals surface area contributed by atoms with Gasteiger partial charge >= 0.3 is 0 Å². The number of hydrogen-bond donors (Lipinski definition) is 1. The molecular formula is C14H18BrClFN. The Bertz CT molecular complexity index is 405. The molecule has 0 unspecified atom stereocenters. The zero-order valence-corrected chi connectivity index (χ0v) is 12.7. The van der Waals surface area contributed by atoms with E-state index in [0.29, 0.717) is 10.4 Å². The predicted octanol–water partition coefficient (Wildman–Crippen LogP) is 4.62. The molecule has 18 heavy (non-hydrogen) atoms. The van der Waals surface area contributed by atoms with Crippen LogP contribution in [-0.4, -0.2) is 11.4 Å². The van der Waals surface area contributed by atoms with Crippen LogP contribution in [0.15, 0.2) is 22.7 Å². The highest BCUT2D eigenvalue weighted by molar-refractivity contribution is 9.10. The number of nitrogens with one attached hydrogen (secondary N) is 1. The molecule has 1 aliphatic rings. The standard InChI is InChI=1S/C14H18BrClFN/c15-12-8-11(4-5-13(12)17)9-18-14(10-16)6-2-1-3-7-14/h4-5,8,18H,1-3,6-7,9-10H2. The Morgan fingerprint density at radius 3 is 2.61 bits per heavy atom. The average molecular weight is 335 g/mol. The number of alkyl halides is 1. The normalized spacial score (nSPS) is 18.8. The van der Waals surface area contributed by atoms with Crippen LogP contribution in [0.25, 0.3) is 0 Å². The molecule has 0 spiro atoms. The number of benzene rings is 1. The van der Waals surface area contributed by atoms with Crippen LogP contribution in [0.2, 0.25) is 0 Å². The smallest absolute Gasteiger partial charge is 0.137 e. The van der Waals surface area contributed by atoms with Gasteiger partial charge in [-0.05, 0) is 46.5 Å². The molecule has 0 heterocycles. The van der Waals surface area contributed by atoms with Gasteiger partial charge in [-0.25, -0.2) is 4.39 Å². The highest BCUT2D eigenvalue weighted by Crippen LogP contribution is 2.29. The fourth-order valence-corrected chi connectivity index (χ4v) is 3.31. The SMILES string of the molecule is Fc1ccc(CNC2(CCl)CCCCC2)cc1Br. The van der Waals surface area contributed by atoms with Gasteiger partial charge in [0.25, 0.3) is 0 Å². The van der Waals surface area contributed by atoms with Gasteiger partial charge in [-0.15, -0.1) is 11.6 Å². The molecule has 1 aromatic carbocycles. The molecule has 1 saturated carbocycles. The van der Waals surface area contributed by atoms with Crippen LogP contribution in [0.3, 0.4) is 0 Å². The van der Waals surface area contributed by atoms with E-state index in [2.05, 4.69) is 21.2 Å². The van der Waals surface area contributed by atoms with E-state index in [1.165, 1.54) is 25.3 Å². The van der Waals surface area contributed by atoms with E-state index >= 15 is 0 Å². The quantitative estimate of drug-likeness (QED) is 0.792. The molecule has 100 valence electrons. The van der Waals surface area contributed by atoms with Crippen LogP contribution in [0.4, 0.5) is 4.39 Å². The van der Waals surface area contributed by atoms with Gasteiger partial charge < -0.3 is 5.32 Å². The summed E-state index contributed by atoms with van der Waals surface area (Å²) in [7, 11) is 0. The van der Waals surface area contributed by atoms with E-state index < -0.39 is 0 Å². The van der Waals surface area contributed by atoms with Crippen LogP contribution in [0.1, 0.15) is 37.7 Å². The summed E-state index contributed by atoms with van der Waals surface area (Å²) in [6.07, 6.45) is 6.07. The molecule has 0 atom stereocenters. The summed E-state index contributed by atoms with van der Waals surface area (Å²) < 4.78 is 13.7. The Morgan fingerprint density at radius 1 is 1.28 bits per heavy atom. The van der Waals surface area contributed by atoms with Gasteiger partial charge in [0, 0.05) is 18.0 Å². The van der Waals surface area contributed by atoms with Crippen molar-refractivity contribution in [1.82, 2.24) is 5.32 Å². The molecule has 1 nitrogen and oxygen atoms in total. The molecule has 0 saturated heterocycles. The summed E-state index contributed by atoms with van der Waals surface area (Å²) >= 11 is 9.34. The van der Waals surface area contributed by atoms with E-state index in [9.17, 15) is 4.39 Å². The van der Waals surface area contributed by atoms with Gasteiger partial charge in [0.05, 0.1) is 4.47 Å². The summed E-state index contributed by atoms with van der Waals surface area (Å²) in [5.74, 6) is 0.429. The first-order chi connectivity index (χ1) is 8.65. The molecular weight excluding hydrogens is 317 g/mol. The summed E-state index contributed by atoms with van der Waals surface area (Å²) in [6.45, 7) is 0.742. The fraction of sp³-hybridized carbons (Fsp3) is 0.571. The van der Waals surface area contributed by atoms with Gasteiger partial charge in [-0.3, -0.25) is 0 Å². The van der Waals surface area contributed by atoms with Crippen molar-refractivity contribution in [2.45, 2.75) is 44.2 Å². The van der Waals surface area contributed by atoms with Gasteiger partial charge in [0.2, 0.25) is 0 Å². The molecule has 0 amide bonds. The van der Waals surface area contributed by atoms with Crippen LogP contribution in [-0.2, 0) is 6.54 Å². The second-order valence-electron chi connectivity index (χ2n) is 5.08. The van der Waals surface area contributed by atoms with Crippen molar-refractivity contribution in [3.63, 3.8) is 0 Å². The van der Waals surface area contributed by atoms with Gasteiger partial charge in [0.15, 0.2) is 0 Å². The third kappa shape index (κ3) is 3.46. The maximum Gasteiger partial charge on any atom is 0.137 e. The van der Waals surface area contributed by atoms with Crippen molar-refractivity contribution < 1.29 is 4.39 Å². The minimum absolute atomic E-state index is 0.0701. The zero-order valence-electron chi connectivity index (χ0n) is 10.3. The Labute approximate surface area is 121 Å². The lowest BCUT2D eigenvalue weighted by atomic mass is 9.83. The molecule has 0 radical (unpaired) electrons. The lowest BCUT2D eigenvalue weighted by Crippen LogP contribution is -2.48. The fourth-order valence-electron chi connectivity index (χ4n) is 2.53. The lowest BCUT2D eigenvalue weighted by Gasteiger charge is -2.36. The average Bonchev–Trinajstić information content (AvgIpc) is 2.41. The number of rotatable bonds is 4. The van der Waals surface area contributed by atoms with Crippen molar-refractivity contribution >= 4 is 27.5 Å². The van der Waals surface area contributed by atoms with Crippen molar-refractivity contribution in [2.24, 2.45) is 0 Å². The second-order valence-corrected chi connectivity index (χ2v) is 6.20.